The van der Waals surface area contributed by atoms with Gasteiger partial charge in [-0.05, 0) is 25.7 Å². The molecule has 76 valence electrons. The van der Waals surface area contributed by atoms with E-state index < -0.39 is 0 Å². The van der Waals surface area contributed by atoms with E-state index in [-0.39, 0.29) is 0 Å². The molecule has 0 aliphatic heterocycles. The van der Waals surface area contributed by atoms with Crippen LogP contribution in [0, 0.1) is 12.3 Å². The summed E-state index contributed by atoms with van der Waals surface area (Å²) in [6, 6.07) is 2.05. The molecule has 0 fully saturated rings. The highest BCUT2D eigenvalue weighted by molar-refractivity contribution is 5.60. The van der Waals surface area contributed by atoms with Crippen molar-refractivity contribution < 1.29 is 0 Å². The number of rotatable bonds is 2. The topological polar surface area (TPSA) is 20.5 Å². The SMILES string of the molecule is C#Cc1c(CN(C)C)ccn2ccnc12. The summed E-state index contributed by atoms with van der Waals surface area (Å²) >= 11 is 0. The Hall–Kier alpha value is -1.79. The minimum absolute atomic E-state index is 0.836. The number of hydrogen-bond acceptors (Lipinski definition) is 2. The molecule has 0 aliphatic rings. The second-order valence-electron chi connectivity index (χ2n) is 3.76. The molecule has 0 saturated heterocycles. The van der Waals surface area contributed by atoms with Crippen LogP contribution >= 0.6 is 0 Å². The molecule has 0 atom stereocenters. The summed E-state index contributed by atoms with van der Waals surface area (Å²) in [6.45, 7) is 0.836. The van der Waals surface area contributed by atoms with E-state index >= 15 is 0 Å². The van der Waals surface area contributed by atoms with Gasteiger partial charge in [0.1, 0.15) is 0 Å². The van der Waals surface area contributed by atoms with Crippen LogP contribution in [0.2, 0.25) is 0 Å². The summed E-state index contributed by atoms with van der Waals surface area (Å²) in [5, 5.41) is 0. The lowest BCUT2D eigenvalue weighted by Gasteiger charge is -2.11. The molecule has 0 spiro atoms. The van der Waals surface area contributed by atoms with Gasteiger partial charge >= 0.3 is 0 Å². The molecule has 2 rings (SSSR count). The second-order valence-corrected chi connectivity index (χ2v) is 3.76. The zero-order valence-corrected chi connectivity index (χ0v) is 8.94. The van der Waals surface area contributed by atoms with Crippen molar-refractivity contribution in [3.63, 3.8) is 0 Å². The average Bonchev–Trinajstić information content (AvgIpc) is 2.64. The van der Waals surface area contributed by atoms with E-state index in [2.05, 4.69) is 15.8 Å². The monoisotopic (exact) mass is 199 g/mol. The number of terminal acetylenes is 1. The lowest BCUT2D eigenvalue weighted by atomic mass is 10.1. The van der Waals surface area contributed by atoms with Crippen molar-refractivity contribution in [1.29, 1.82) is 0 Å². The summed E-state index contributed by atoms with van der Waals surface area (Å²) in [4.78, 5) is 6.35. The molecule has 0 bridgehead atoms. The van der Waals surface area contributed by atoms with E-state index in [1.165, 1.54) is 0 Å². The van der Waals surface area contributed by atoms with Crippen LogP contribution in [0.15, 0.2) is 24.7 Å². The van der Waals surface area contributed by atoms with E-state index in [1.54, 1.807) is 6.20 Å². The Morgan fingerprint density at radius 3 is 2.93 bits per heavy atom. The van der Waals surface area contributed by atoms with E-state index in [9.17, 15) is 0 Å². The maximum absolute atomic E-state index is 5.53. The van der Waals surface area contributed by atoms with Crippen molar-refractivity contribution in [2.75, 3.05) is 14.1 Å². The third-order valence-corrected chi connectivity index (χ3v) is 2.28. The van der Waals surface area contributed by atoms with Gasteiger partial charge in [0.25, 0.3) is 0 Å². The Balaban J connectivity index is 2.60. The van der Waals surface area contributed by atoms with Crippen LogP contribution in [0.4, 0.5) is 0 Å². The highest BCUT2D eigenvalue weighted by Crippen LogP contribution is 2.14. The number of hydrogen-bond donors (Lipinski definition) is 0. The van der Waals surface area contributed by atoms with Crippen molar-refractivity contribution in [2.24, 2.45) is 0 Å². The predicted octanol–water partition coefficient (Wildman–Crippen LogP) is 1.38. The van der Waals surface area contributed by atoms with Crippen molar-refractivity contribution in [3.05, 3.63) is 35.8 Å². The van der Waals surface area contributed by atoms with Crippen LogP contribution in [0.3, 0.4) is 0 Å². The maximum atomic E-state index is 5.53. The van der Waals surface area contributed by atoms with Crippen LogP contribution in [0.1, 0.15) is 11.1 Å². The van der Waals surface area contributed by atoms with Crippen LogP contribution < -0.4 is 0 Å². The van der Waals surface area contributed by atoms with Crippen molar-refractivity contribution in [3.8, 4) is 12.3 Å². The molecular formula is C12H13N3. The van der Waals surface area contributed by atoms with Crippen molar-refractivity contribution in [2.45, 2.75) is 6.54 Å². The summed E-state index contributed by atoms with van der Waals surface area (Å²) in [5.74, 6) is 2.72. The molecule has 0 amide bonds. The van der Waals surface area contributed by atoms with Gasteiger partial charge in [0, 0.05) is 25.1 Å². The van der Waals surface area contributed by atoms with Gasteiger partial charge in [0.15, 0.2) is 5.65 Å². The Morgan fingerprint density at radius 1 is 1.47 bits per heavy atom. The van der Waals surface area contributed by atoms with E-state index in [4.69, 9.17) is 6.42 Å². The Labute approximate surface area is 89.4 Å². The average molecular weight is 199 g/mol. The molecule has 2 aromatic rings. The number of fused-ring (bicyclic) bond motifs is 1. The second kappa shape index (κ2) is 3.76. The smallest absolute Gasteiger partial charge is 0.152 e. The van der Waals surface area contributed by atoms with Crippen LogP contribution in [0.5, 0.6) is 0 Å². The molecule has 0 aromatic carbocycles. The fourth-order valence-electron chi connectivity index (χ4n) is 1.65. The third kappa shape index (κ3) is 1.72. The van der Waals surface area contributed by atoms with Crippen LogP contribution in [-0.4, -0.2) is 28.4 Å². The zero-order chi connectivity index (χ0) is 10.8. The van der Waals surface area contributed by atoms with Crippen molar-refractivity contribution >= 4 is 5.65 Å². The molecular weight excluding hydrogens is 186 g/mol. The highest BCUT2D eigenvalue weighted by atomic mass is 15.1. The zero-order valence-electron chi connectivity index (χ0n) is 8.94. The van der Waals surface area contributed by atoms with Gasteiger partial charge in [0.2, 0.25) is 0 Å². The number of aromatic nitrogens is 2. The predicted molar refractivity (Wildman–Crippen MR) is 60.5 cm³/mol. The first kappa shape index (κ1) is 9.75. The highest BCUT2D eigenvalue weighted by Gasteiger charge is 2.07. The first-order valence-corrected chi connectivity index (χ1v) is 4.78. The lowest BCUT2D eigenvalue weighted by molar-refractivity contribution is 0.402. The number of imidazole rings is 1. The fourth-order valence-corrected chi connectivity index (χ4v) is 1.65. The number of pyridine rings is 1. The minimum atomic E-state index is 0.836. The van der Waals surface area contributed by atoms with E-state index in [1.807, 2.05) is 37.0 Å². The van der Waals surface area contributed by atoms with Gasteiger partial charge in [0.05, 0.1) is 5.56 Å². The third-order valence-electron chi connectivity index (χ3n) is 2.28. The van der Waals surface area contributed by atoms with Gasteiger partial charge in [-0.3, -0.25) is 0 Å². The number of nitrogens with zero attached hydrogens (tertiary/aromatic N) is 3. The molecule has 2 aromatic heterocycles. The normalized spacial score (nSPS) is 10.8. The molecule has 3 heteroatoms. The largest absolute Gasteiger partial charge is 0.306 e. The molecule has 0 radical (unpaired) electrons. The first-order chi connectivity index (χ1) is 7.22. The summed E-state index contributed by atoms with van der Waals surface area (Å²) in [6.07, 6.45) is 11.2. The summed E-state index contributed by atoms with van der Waals surface area (Å²) in [7, 11) is 4.05. The van der Waals surface area contributed by atoms with Crippen molar-refractivity contribution in [1.82, 2.24) is 14.3 Å². The quantitative estimate of drug-likeness (QED) is 0.681. The van der Waals surface area contributed by atoms with E-state index in [0.717, 1.165) is 23.3 Å². The Morgan fingerprint density at radius 2 is 2.27 bits per heavy atom. The Bertz CT molecular complexity index is 517. The lowest BCUT2D eigenvalue weighted by Crippen LogP contribution is -2.12. The van der Waals surface area contributed by atoms with Crippen LogP contribution in [-0.2, 0) is 6.54 Å². The molecule has 2 heterocycles. The summed E-state index contributed by atoms with van der Waals surface area (Å²) < 4.78 is 1.94. The standard InChI is InChI=1S/C12H13N3/c1-4-11-10(9-14(2)3)5-7-15-8-6-13-12(11)15/h1,5-8H,9H2,2-3H3. The molecule has 3 nitrogen and oxygen atoms in total. The molecule has 0 N–H and O–H groups in total. The van der Waals surface area contributed by atoms with E-state index in [0.29, 0.717) is 0 Å². The van der Waals surface area contributed by atoms with Gasteiger partial charge in [-0.25, -0.2) is 4.98 Å². The molecule has 15 heavy (non-hydrogen) atoms. The summed E-state index contributed by atoms with van der Waals surface area (Å²) in [5.41, 5.74) is 2.88. The molecule has 0 saturated carbocycles. The van der Waals surface area contributed by atoms with Gasteiger partial charge < -0.3 is 9.30 Å². The van der Waals surface area contributed by atoms with Gasteiger partial charge in [-0.15, -0.1) is 6.42 Å². The first-order valence-electron chi connectivity index (χ1n) is 4.78. The van der Waals surface area contributed by atoms with Gasteiger partial charge in [-0.2, -0.15) is 0 Å². The van der Waals surface area contributed by atoms with Crippen LogP contribution in [0.25, 0.3) is 5.65 Å². The van der Waals surface area contributed by atoms with Gasteiger partial charge in [-0.1, -0.05) is 5.92 Å². The molecule has 0 aliphatic carbocycles. The maximum Gasteiger partial charge on any atom is 0.152 e. The fraction of sp³-hybridized carbons (Fsp3) is 0.250. The minimum Gasteiger partial charge on any atom is -0.306 e. The molecule has 0 unspecified atom stereocenters. The Kier molecular flexibility index (Phi) is 2.44.